The van der Waals surface area contributed by atoms with Gasteiger partial charge in [-0.3, -0.25) is 9.52 Å². The molecule has 0 saturated carbocycles. The number of amides is 1. The minimum atomic E-state index is -3.29. The van der Waals surface area contributed by atoms with E-state index < -0.39 is 10.0 Å². The highest BCUT2D eigenvalue weighted by atomic mass is 32.2. The molecule has 1 aromatic carbocycles. The van der Waals surface area contributed by atoms with E-state index in [2.05, 4.69) is 9.71 Å². The van der Waals surface area contributed by atoms with Crippen molar-refractivity contribution in [2.75, 3.05) is 37.3 Å². The van der Waals surface area contributed by atoms with Crippen molar-refractivity contribution < 1.29 is 17.9 Å². The summed E-state index contributed by atoms with van der Waals surface area (Å²) in [4.78, 5) is 18.6. The molecule has 1 aliphatic heterocycles. The molecule has 0 atom stereocenters. The molecule has 0 spiro atoms. The maximum absolute atomic E-state index is 12.3. The van der Waals surface area contributed by atoms with Gasteiger partial charge in [0, 0.05) is 29.7 Å². The number of sulfonamides is 1. The van der Waals surface area contributed by atoms with Crippen molar-refractivity contribution in [3.63, 3.8) is 0 Å². The van der Waals surface area contributed by atoms with Gasteiger partial charge < -0.3 is 9.64 Å². The zero-order valence-corrected chi connectivity index (χ0v) is 15.4. The van der Waals surface area contributed by atoms with Crippen LogP contribution in [0.2, 0.25) is 0 Å². The number of carbonyl (C=O) groups is 1. The Hall–Kier alpha value is -1.97. The van der Waals surface area contributed by atoms with Crippen molar-refractivity contribution in [2.24, 2.45) is 0 Å². The summed E-state index contributed by atoms with van der Waals surface area (Å²) in [7, 11) is -3.29. The van der Waals surface area contributed by atoms with Crippen molar-refractivity contribution in [2.45, 2.75) is 6.42 Å². The van der Waals surface area contributed by atoms with Gasteiger partial charge in [-0.25, -0.2) is 13.4 Å². The number of benzene rings is 1. The second kappa shape index (κ2) is 7.51. The van der Waals surface area contributed by atoms with Gasteiger partial charge in [0.05, 0.1) is 31.6 Å². The summed E-state index contributed by atoms with van der Waals surface area (Å²) in [6.45, 7) is 2.43. The molecule has 0 radical (unpaired) electrons. The lowest BCUT2D eigenvalue weighted by atomic mass is 10.1. The predicted molar refractivity (Wildman–Crippen MR) is 97.1 cm³/mol. The van der Waals surface area contributed by atoms with Crippen molar-refractivity contribution in [3.05, 3.63) is 34.7 Å². The summed E-state index contributed by atoms with van der Waals surface area (Å²) < 4.78 is 30.1. The first-order valence-corrected chi connectivity index (χ1v) is 10.6. The fraction of sp³-hybridized carbons (Fsp3) is 0.375. The Labute approximate surface area is 150 Å². The third kappa shape index (κ3) is 5.00. The summed E-state index contributed by atoms with van der Waals surface area (Å²) in [6, 6.07) is 6.98. The van der Waals surface area contributed by atoms with Gasteiger partial charge in [-0.15, -0.1) is 11.3 Å². The zero-order chi connectivity index (χ0) is 17.9. The number of hydrogen-bond donors (Lipinski definition) is 1. The summed E-state index contributed by atoms with van der Waals surface area (Å²) in [6.07, 6.45) is 1.40. The average molecular weight is 381 g/mol. The van der Waals surface area contributed by atoms with Crippen LogP contribution in [-0.2, 0) is 26.0 Å². The topological polar surface area (TPSA) is 88.6 Å². The van der Waals surface area contributed by atoms with Crippen LogP contribution >= 0.6 is 11.3 Å². The van der Waals surface area contributed by atoms with E-state index in [-0.39, 0.29) is 5.91 Å². The Morgan fingerprint density at radius 1 is 1.28 bits per heavy atom. The smallest absolute Gasteiger partial charge is 0.229 e. The maximum atomic E-state index is 12.3. The Morgan fingerprint density at radius 3 is 2.60 bits per heavy atom. The van der Waals surface area contributed by atoms with Crippen molar-refractivity contribution in [3.8, 4) is 11.3 Å². The fourth-order valence-corrected chi connectivity index (χ4v) is 3.86. The standard InChI is InChI=1S/C16H19N3O4S2/c1-25(21,22)18-13-4-2-12(3-5-13)14-11-24-15(17-14)10-16(20)19-6-8-23-9-7-19/h2-5,11,18H,6-10H2,1H3. The van der Waals surface area contributed by atoms with Crippen LogP contribution in [0.15, 0.2) is 29.6 Å². The Bertz CT molecular complexity index is 841. The van der Waals surface area contributed by atoms with Crippen LogP contribution in [-0.4, -0.2) is 56.8 Å². The molecule has 1 amide bonds. The summed E-state index contributed by atoms with van der Waals surface area (Å²) in [5, 5.41) is 2.67. The summed E-state index contributed by atoms with van der Waals surface area (Å²) >= 11 is 1.45. The second-order valence-electron chi connectivity index (χ2n) is 5.75. The Morgan fingerprint density at radius 2 is 1.96 bits per heavy atom. The Balaban J connectivity index is 1.65. The monoisotopic (exact) mass is 381 g/mol. The quantitative estimate of drug-likeness (QED) is 0.850. The molecule has 0 unspecified atom stereocenters. The highest BCUT2D eigenvalue weighted by Crippen LogP contribution is 2.24. The summed E-state index contributed by atoms with van der Waals surface area (Å²) in [5.74, 6) is 0.0666. The highest BCUT2D eigenvalue weighted by molar-refractivity contribution is 7.92. The second-order valence-corrected chi connectivity index (χ2v) is 8.44. The molecule has 2 heterocycles. The van der Waals surface area contributed by atoms with Gasteiger partial charge in [-0.05, 0) is 12.1 Å². The normalized spacial score (nSPS) is 15.2. The van der Waals surface area contributed by atoms with Gasteiger partial charge in [0.2, 0.25) is 15.9 Å². The number of ether oxygens (including phenoxy) is 1. The van der Waals surface area contributed by atoms with Crippen molar-refractivity contribution >= 4 is 33.0 Å². The molecule has 3 rings (SSSR count). The molecule has 134 valence electrons. The molecular weight excluding hydrogens is 362 g/mol. The largest absolute Gasteiger partial charge is 0.378 e. The minimum absolute atomic E-state index is 0.0666. The average Bonchev–Trinajstić information content (AvgIpc) is 3.03. The molecule has 7 nitrogen and oxygen atoms in total. The van der Waals surface area contributed by atoms with Gasteiger partial charge in [-0.1, -0.05) is 12.1 Å². The molecular formula is C16H19N3O4S2. The molecule has 0 aliphatic carbocycles. The first kappa shape index (κ1) is 17.8. The first-order chi connectivity index (χ1) is 11.9. The highest BCUT2D eigenvalue weighted by Gasteiger charge is 2.18. The third-order valence-corrected chi connectivity index (χ3v) is 5.16. The van der Waals surface area contributed by atoms with Gasteiger partial charge in [-0.2, -0.15) is 0 Å². The summed E-state index contributed by atoms with van der Waals surface area (Å²) in [5.41, 5.74) is 2.16. The Kier molecular flexibility index (Phi) is 5.36. The molecule has 1 saturated heterocycles. The zero-order valence-electron chi connectivity index (χ0n) is 13.8. The van der Waals surface area contributed by atoms with Crippen molar-refractivity contribution in [1.82, 2.24) is 9.88 Å². The number of hydrogen-bond acceptors (Lipinski definition) is 6. The number of anilines is 1. The van der Waals surface area contributed by atoms with Gasteiger partial charge >= 0.3 is 0 Å². The van der Waals surface area contributed by atoms with Crippen LogP contribution < -0.4 is 4.72 Å². The minimum Gasteiger partial charge on any atom is -0.378 e. The molecule has 0 bridgehead atoms. The van der Waals surface area contributed by atoms with Crippen LogP contribution in [0, 0.1) is 0 Å². The van der Waals surface area contributed by atoms with Gasteiger partial charge in [0.15, 0.2) is 0 Å². The maximum Gasteiger partial charge on any atom is 0.229 e. The van der Waals surface area contributed by atoms with Gasteiger partial charge in [0.1, 0.15) is 5.01 Å². The first-order valence-electron chi connectivity index (χ1n) is 7.79. The van der Waals surface area contributed by atoms with Crippen LogP contribution in [0.25, 0.3) is 11.3 Å². The number of rotatable bonds is 5. The number of aromatic nitrogens is 1. The fourth-order valence-electron chi connectivity index (χ4n) is 2.50. The van der Waals surface area contributed by atoms with E-state index in [4.69, 9.17) is 4.74 Å². The van der Waals surface area contributed by atoms with E-state index in [1.54, 1.807) is 29.2 Å². The number of carbonyl (C=O) groups excluding carboxylic acids is 1. The molecule has 1 N–H and O–H groups in total. The lowest BCUT2D eigenvalue weighted by Crippen LogP contribution is -2.41. The van der Waals surface area contributed by atoms with Crippen molar-refractivity contribution in [1.29, 1.82) is 0 Å². The lowest BCUT2D eigenvalue weighted by molar-refractivity contribution is -0.134. The molecule has 1 fully saturated rings. The van der Waals surface area contributed by atoms with Crippen LogP contribution in [0.4, 0.5) is 5.69 Å². The van der Waals surface area contributed by atoms with Crippen LogP contribution in [0.5, 0.6) is 0 Å². The molecule has 1 aromatic heterocycles. The van der Waals surface area contributed by atoms with Crippen LogP contribution in [0.3, 0.4) is 0 Å². The third-order valence-electron chi connectivity index (χ3n) is 3.70. The lowest BCUT2D eigenvalue weighted by Gasteiger charge is -2.26. The van der Waals surface area contributed by atoms with E-state index in [1.807, 2.05) is 5.38 Å². The SMILES string of the molecule is CS(=O)(=O)Nc1ccc(-c2csc(CC(=O)N3CCOCC3)n2)cc1. The van der Waals surface area contributed by atoms with E-state index in [1.165, 1.54) is 11.3 Å². The van der Waals surface area contributed by atoms with E-state index in [9.17, 15) is 13.2 Å². The van der Waals surface area contributed by atoms with Gasteiger partial charge in [0.25, 0.3) is 0 Å². The number of nitrogens with zero attached hydrogens (tertiary/aromatic N) is 2. The molecule has 1 aliphatic rings. The van der Waals surface area contributed by atoms with E-state index in [0.29, 0.717) is 38.4 Å². The van der Waals surface area contributed by atoms with Crippen LogP contribution in [0.1, 0.15) is 5.01 Å². The number of nitrogens with one attached hydrogen (secondary N) is 1. The molecule has 2 aromatic rings. The molecule has 25 heavy (non-hydrogen) atoms. The molecule has 9 heteroatoms. The number of thiazole rings is 1. The predicted octanol–water partition coefficient (Wildman–Crippen LogP) is 1.58. The number of morpholine rings is 1. The van der Waals surface area contributed by atoms with E-state index >= 15 is 0 Å². The van der Waals surface area contributed by atoms with E-state index in [0.717, 1.165) is 22.5 Å².